The highest BCUT2D eigenvalue weighted by Gasteiger charge is 2.07. The van der Waals surface area contributed by atoms with Crippen molar-refractivity contribution in [3.05, 3.63) is 29.6 Å². The molecule has 0 heterocycles. The van der Waals surface area contributed by atoms with Crippen LogP contribution >= 0.6 is 0 Å². The number of hydrogen-bond acceptors (Lipinski definition) is 2. The Hall–Kier alpha value is -1.58. The summed E-state index contributed by atoms with van der Waals surface area (Å²) in [5.74, 6) is -1.45. The van der Waals surface area contributed by atoms with E-state index < -0.39 is 11.8 Å². The van der Waals surface area contributed by atoms with Gasteiger partial charge in [-0.1, -0.05) is 45.4 Å². The van der Waals surface area contributed by atoms with Crippen LogP contribution in [0.3, 0.4) is 0 Å². The SMILES string of the molecule is CCCCCCCCCOc1cc(F)cc(C(=O)O)c1. The van der Waals surface area contributed by atoms with Gasteiger partial charge in [-0.05, 0) is 18.6 Å². The van der Waals surface area contributed by atoms with Crippen molar-refractivity contribution in [2.75, 3.05) is 6.61 Å². The van der Waals surface area contributed by atoms with Crippen LogP contribution in [0.5, 0.6) is 5.75 Å². The quantitative estimate of drug-likeness (QED) is 0.635. The number of hydrogen-bond donors (Lipinski definition) is 1. The lowest BCUT2D eigenvalue weighted by Gasteiger charge is -2.07. The molecule has 0 aliphatic rings. The average molecular weight is 282 g/mol. The van der Waals surface area contributed by atoms with Gasteiger partial charge in [0.2, 0.25) is 0 Å². The molecule has 1 rings (SSSR count). The number of benzene rings is 1. The molecule has 4 heteroatoms. The van der Waals surface area contributed by atoms with Crippen LogP contribution in [0.15, 0.2) is 18.2 Å². The second-order valence-electron chi connectivity index (χ2n) is 4.95. The largest absolute Gasteiger partial charge is 0.493 e. The zero-order chi connectivity index (χ0) is 14.8. The molecule has 0 spiro atoms. The average Bonchev–Trinajstić information content (AvgIpc) is 2.41. The minimum absolute atomic E-state index is 0.0837. The van der Waals surface area contributed by atoms with Crippen LogP contribution in [-0.2, 0) is 0 Å². The van der Waals surface area contributed by atoms with Gasteiger partial charge >= 0.3 is 5.97 Å². The Kier molecular flexibility index (Phi) is 7.70. The summed E-state index contributed by atoms with van der Waals surface area (Å²) in [5, 5.41) is 8.82. The first-order valence-electron chi connectivity index (χ1n) is 7.30. The minimum atomic E-state index is -1.15. The molecule has 1 N–H and O–H groups in total. The van der Waals surface area contributed by atoms with Crippen molar-refractivity contribution in [3.8, 4) is 5.75 Å². The van der Waals surface area contributed by atoms with Gasteiger partial charge in [0.1, 0.15) is 11.6 Å². The Balaban J connectivity index is 2.23. The second-order valence-corrected chi connectivity index (χ2v) is 4.95. The molecule has 3 nitrogen and oxygen atoms in total. The Bertz CT molecular complexity index is 418. The summed E-state index contributed by atoms with van der Waals surface area (Å²) in [5.41, 5.74) is -0.0837. The Morgan fingerprint density at radius 2 is 1.75 bits per heavy atom. The summed E-state index contributed by atoms with van der Waals surface area (Å²) < 4.78 is 18.6. The van der Waals surface area contributed by atoms with Gasteiger partial charge in [-0.3, -0.25) is 0 Å². The van der Waals surface area contributed by atoms with Crippen LogP contribution in [0, 0.1) is 5.82 Å². The number of aromatic carboxylic acids is 1. The van der Waals surface area contributed by atoms with Gasteiger partial charge in [0.05, 0.1) is 12.2 Å². The van der Waals surface area contributed by atoms with E-state index in [1.165, 1.54) is 44.2 Å². The maximum atomic E-state index is 13.2. The normalized spacial score (nSPS) is 10.5. The fourth-order valence-corrected chi connectivity index (χ4v) is 2.02. The van der Waals surface area contributed by atoms with Gasteiger partial charge in [-0.15, -0.1) is 0 Å². The van der Waals surface area contributed by atoms with E-state index in [0.717, 1.165) is 18.9 Å². The topological polar surface area (TPSA) is 46.5 Å². The summed E-state index contributed by atoms with van der Waals surface area (Å²) in [6, 6.07) is 3.56. The predicted octanol–water partition coefficient (Wildman–Crippen LogP) is 4.65. The molecule has 0 aliphatic carbocycles. The van der Waals surface area contributed by atoms with Gasteiger partial charge in [-0.25, -0.2) is 9.18 Å². The summed E-state index contributed by atoms with van der Waals surface area (Å²) >= 11 is 0. The number of carboxylic acid groups (broad SMARTS) is 1. The van der Waals surface area contributed by atoms with Gasteiger partial charge in [0.15, 0.2) is 0 Å². The lowest BCUT2D eigenvalue weighted by molar-refractivity contribution is 0.0695. The first-order valence-corrected chi connectivity index (χ1v) is 7.30. The minimum Gasteiger partial charge on any atom is -0.493 e. The molecule has 0 unspecified atom stereocenters. The maximum absolute atomic E-state index is 13.2. The molecule has 20 heavy (non-hydrogen) atoms. The Labute approximate surface area is 119 Å². The molecule has 1 aromatic rings. The van der Waals surface area contributed by atoms with Crippen LogP contribution in [-0.4, -0.2) is 17.7 Å². The maximum Gasteiger partial charge on any atom is 0.335 e. The molecule has 112 valence electrons. The fraction of sp³-hybridized carbons (Fsp3) is 0.562. The number of carbonyl (C=O) groups is 1. The van der Waals surface area contributed by atoms with Crippen molar-refractivity contribution < 1.29 is 19.0 Å². The van der Waals surface area contributed by atoms with Gasteiger partial charge in [0, 0.05) is 6.07 Å². The first-order chi connectivity index (χ1) is 9.63. The molecule has 0 atom stereocenters. The summed E-state index contributed by atoms with van der Waals surface area (Å²) in [7, 11) is 0. The third-order valence-corrected chi connectivity index (χ3v) is 3.13. The smallest absolute Gasteiger partial charge is 0.335 e. The highest BCUT2D eigenvalue weighted by molar-refractivity contribution is 5.88. The van der Waals surface area contributed by atoms with E-state index in [1.54, 1.807) is 0 Å². The van der Waals surface area contributed by atoms with Crippen LogP contribution in [0.4, 0.5) is 4.39 Å². The summed E-state index contributed by atoms with van der Waals surface area (Å²) in [4.78, 5) is 10.8. The molecular weight excluding hydrogens is 259 g/mol. The molecular formula is C16H23FO3. The molecule has 0 aliphatic heterocycles. The Morgan fingerprint density at radius 3 is 2.40 bits per heavy atom. The Morgan fingerprint density at radius 1 is 1.10 bits per heavy atom. The zero-order valence-electron chi connectivity index (χ0n) is 12.0. The first kappa shape index (κ1) is 16.5. The van der Waals surface area contributed by atoms with E-state index in [-0.39, 0.29) is 11.3 Å². The molecule has 0 fully saturated rings. The third-order valence-electron chi connectivity index (χ3n) is 3.13. The lowest BCUT2D eigenvalue weighted by Crippen LogP contribution is -2.01. The summed E-state index contributed by atoms with van der Waals surface area (Å²) in [6.45, 7) is 2.69. The zero-order valence-corrected chi connectivity index (χ0v) is 12.0. The number of carboxylic acids is 1. The van der Waals surface area contributed by atoms with E-state index in [4.69, 9.17) is 9.84 Å². The molecule has 0 amide bonds. The number of rotatable bonds is 10. The van der Waals surface area contributed by atoms with Crippen molar-refractivity contribution in [2.24, 2.45) is 0 Å². The van der Waals surface area contributed by atoms with Crippen LogP contribution < -0.4 is 4.74 Å². The lowest BCUT2D eigenvalue weighted by atomic mass is 10.1. The van der Waals surface area contributed by atoms with Crippen LogP contribution in [0.2, 0.25) is 0 Å². The van der Waals surface area contributed by atoms with Gasteiger partial charge in [-0.2, -0.15) is 0 Å². The van der Waals surface area contributed by atoms with Crippen molar-refractivity contribution >= 4 is 5.97 Å². The molecule has 0 bridgehead atoms. The molecule has 0 radical (unpaired) electrons. The van der Waals surface area contributed by atoms with Crippen molar-refractivity contribution in [2.45, 2.75) is 51.9 Å². The molecule has 1 aromatic carbocycles. The number of ether oxygens (including phenoxy) is 1. The predicted molar refractivity (Wildman–Crippen MR) is 76.8 cm³/mol. The highest BCUT2D eigenvalue weighted by Crippen LogP contribution is 2.17. The second kappa shape index (κ2) is 9.34. The molecule has 0 saturated heterocycles. The third kappa shape index (κ3) is 6.55. The fourth-order valence-electron chi connectivity index (χ4n) is 2.02. The molecule has 0 aromatic heterocycles. The van der Waals surface area contributed by atoms with Crippen molar-refractivity contribution in [3.63, 3.8) is 0 Å². The van der Waals surface area contributed by atoms with Crippen molar-refractivity contribution in [1.82, 2.24) is 0 Å². The standard InChI is InChI=1S/C16H23FO3/c1-2-3-4-5-6-7-8-9-20-15-11-13(16(18)19)10-14(17)12-15/h10-12H,2-9H2,1H3,(H,18,19). The monoisotopic (exact) mass is 282 g/mol. The number of halogens is 1. The van der Waals surface area contributed by atoms with E-state index in [1.807, 2.05) is 0 Å². The van der Waals surface area contributed by atoms with Crippen molar-refractivity contribution in [1.29, 1.82) is 0 Å². The molecule has 0 saturated carbocycles. The highest BCUT2D eigenvalue weighted by atomic mass is 19.1. The van der Waals surface area contributed by atoms with Gasteiger partial charge in [0.25, 0.3) is 0 Å². The van der Waals surface area contributed by atoms with Crippen LogP contribution in [0.1, 0.15) is 62.2 Å². The van der Waals surface area contributed by atoms with E-state index >= 15 is 0 Å². The summed E-state index contributed by atoms with van der Waals surface area (Å²) in [6.07, 6.45) is 8.25. The van der Waals surface area contributed by atoms with E-state index in [0.29, 0.717) is 6.61 Å². The van der Waals surface area contributed by atoms with E-state index in [9.17, 15) is 9.18 Å². The van der Waals surface area contributed by atoms with E-state index in [2.05, 4.69) is 6.92 Å². The van der Waals surface area contributed by atoms with Gasteiger partial charge < -0.3 is 9.84 Å². The number of unbranched alkanes of at least 4 members (excludes halogenated alkanes) is 6. The van der Waals surface area contributed by atoms with Crippen LogP contribution in [0.25, 0.3) is 0 Å².